The van der Waals surface area contributed by atoms with E-state index in [1.165, 1.54) is 60.3 Å². The average molecular weight is 451 g/mol. The molecule has 0 aromatic heterocycles. The van der Waals surface area contributed by atoms with Crippen molar-refractivity contribution in [2.75, 3.05) is 15.8 Å². The highest BCUT2D eigenvalue weighted by atomic mass is 35.5. The van der Waals surface area contributed by atoms with Crippen LogP contribution in [0.3, 0.4) is 0 Å². The Hall–Kier alpha value is -2.55. The van der Waals surface area contributed by atoms with Crippen LogP contribution >= 0.6 is 23.4 Å². The highest BCUT2D eigenvalue weighted by molar-refractivity contribution is 8.00. The van der Waals surface area contributed by atoms with Crippen LogP contribution < -0.4 is 10.0 Å². The van der Waals surface area contributed by atoms with Gasteiger partial charge in [-0.25, -0.2) is 12.8 Å². The van der Waals surface area contributed by atoms with E-state index in [4.69, 9.17) is 11.6 Å². The fourth-order valence-corrected chi connectivity index (χ4v) is 4.21. The number of nitrogens with one attached hydrogen (secondary N) is 2. The molecule has 0 saturated heterocycles. The van der Waals surface area contributed by atoms with Crippen LogP contribution in [-0.4, -0.2) is 20.1 Å². The molecule has 150 valence electrons. The number of thioether (sulfide) groups is 1. The minimum absolute atomic E-state index is 0.0235. The number of halogens is 2. The molecular formula is C20H16ClFN2O3S2. The van der Waals surface area contributed by atoms with E-state index >= 15 is 0 Å². The molecule has 29 heavy (non-hydrogen) atoms. The Morgan fingerprint density at radius 3 is 2.10 bits per heavy atom. The van der Waals surface area contributed by atoms with E-state index in [9.17, 15) is 17.6 Å². The first-order valence-electron chi connectivity index (χ1n) is 8.38. The topological polar surface area (TPSA) is 75.3 Å². The summed E-state index contributed by atoms with van der Waals surface area (Å²) in [6.07, 6.45) is 0. The Bertz CT molecular complexity index is 1090. The van der Waals surface area contributed by atoms with Crippen LogP contribution in [-0.2, 0) is 14.8 Å². The zero-order chi connectivity index (χ0) is 20.9. The Morgan fingerprint density at radius 2 is 1.48 bits per heavy atom. The maximum atomic E-state index is 12.9. The smallest absolute Gasteiger partial charge is 0.261 e. The number of anilines is 2. The maximum Gasteiger partial charge on any atom is 0.261 e. The van der Waals surface area contributed by atoms with Crippen LogP contribution in [0.4, 0.5) is 15.8 Å². The van der Waals surface area contributed by atoms with Gasteiger partial charge in [-0.1, -0.05) is 11.6 Å². The first-order chi connectivity index (χ1) is 13.8. The lowest BCUT2D eigenvalue weighted by atomic mass is 10.3. The standard InChI is InChI=1S/C20H16ClFN2O3S2/c21-14-1-9-18(10-2-14)28-13-20(25)23-16-7-11-19(12-8-16)29(26,27)24-17-5-3-15(22)4-6-17/h1-12,24H,13H2,(H,23,25). The lowest BCUT2D eigenvalue weighted by molar-refractivity contribution is -0.113. The lowest BCUT2D eigenvalue weighted by Crippen LogP contribution is -2.15. The minimum atomic E-state index is -3.82. The van der Waals surface area contributed by atoms with Gasteiger partial charge in [-0.15, -0.1) is 11.8 Å². The summed E-state index contributed by atoms with van der Waals surface area (Å²) in [5.74, 6) is -0.472. The Labute approximate surface area is 177 Å². The number of carbonyl (C=O) groups is 1. The number of hydrogen-bond donors (Lipinski definition) is 2. The van der Waals surface area contributed by atoms with Gasteiger partial charge in [0.2, 0.25) is 5.91 Å². The third kappa shape index (κ3) is 6.22. The SMILES string of the molecule is O=C(CSc1ccc(Cl)cc1)Nc1ccc(S(=O)(=O)Nc2ccc(F)cc2)cc1. The van der Waals surface area contributed by atoms with E-state index in [0.29, 0.717) is 10.7 Å². The van der Waals surface area contributed by atoms with Crippen LogP contribution in [0.5, 0.6) is 0 Å². The zero-order valence-corrected chi connectivity index (χ0v) is 17.3. The lowest BCUT2D eigenvalue weighted by Gasteiger charge is -2.09. The normalized spacial score (nSPS) is 11.1. The summed E-state index contributed by atoms with van der Waals surface area (Å²) in [4.78, 5) is 13.0. The van der Waals surface area contributed by atoms with Gasteiger partial charge in [0, 0.05) is 21.3 Å². The molecule has 0 aliphatic rings. The van der Waals surface area contributed by atoms with Crippen molar-refractivity contribution in [1.82, 2.24) is 0 Å². The van der Waals surface area contributed by atoms with Gasteiger partial charge in [0.05, 0.1) is 10.6 Å². The molecule has 0 aliphatic heterocycles. The number of sulfonamides is 1. The van der Waals surface area contributed by atoms with Crippen molar-refractivity contribution in [3.63, 3.8) is 0 Å². The Kier molecular flexibility index (Phi) is 6.79. The van der Waals surface area contributed by atoms with Crippen molar-refractivity contribution in [3.05, 3.63) is 83.6 Å². The monoisotopic (exact) mass is 450 g/mol. The molecule has 2 N–H and O–H groups in total. The molecule has 0 heterocycles. The van der Waals surface area contributed by atoms with Gasteiger partial charge in [-0.3, -0.25) is 9.52 Å². The molecule has 3 aromatic rings. The number of hydrogen-bond acceptors (Lipinski definition) is 4. The van der Waals surface area contributed by atoms with Crippen LogP contribution in [0.1, 0.15) is 0 Å². The van der Waals surface area contributed by atoms with Gasteiger partial charge in [-0.05, 0) is 72.8 Å². The van der Waals surface area contributed by atoms with Crippen LogP contribution in [0.25, 0.3) is 0 Å². The predicted octanol–water partition coefficient (Wildman–Crippen LogP) is 5.01. The predicted molar refractivity (Wildman–Crippen MR) is 114 cm³/mol. The van der Waals surface area contributed by atoms with Crippen molar-refractivity contribution in [3.8, 4) is 0 Å². The third-order valence-electron chi connectivity index (χ3n) is 3.73. The van der Waals surface area contributed by atoms with E-state index in [1.54, 1.807) is 12.1 Å². The molecule has 3 rings (SSSR count). The van der Waals surface area contributed by atoms with E-state index in [0.717, 1.165) is 4.90 Å². The molecule has 0 atom stereocenters. The largest absolute Gasteiger partial charge is 0.325 e. The highest BCUT2D eigenvalue weighted by Gasteiger charge is 2.14. The van der Waals surface area contributed by atoms with Crippen LogP contribution in [0, 0.1) is 5.82 Å². The van der Waals surface area contributed by atoms with Crippen molar-refractivity contribution in [1.29, 1.82) is 0 Å². The summed E-state index contributed by atoms with van der Waals surface area (Å²) < 4.78 is 40.1. The van der Waals surface area contributed by atoms with E-state index in [1.807, 2.05) is 12.1 Å². The second kappa shape index (κ2) is 9.30. The summed E-state index contributed by atoms with van der Waals surface area (Å²) in [5, 5.41) is 3.34. The summed E-state index contributed by atoms with van der Waals surface area (Å²) >= 11 is 7.19. The molecule has 9 heteroatoms. The van der Waals surface area contributed by atoms with Crippen LogP contribution in [0.15, 0.2) is 82.6 Å². The number of amides is 1. The first kappa shape index (κ1) is 21.2. The average Bonchev–Trinajstić information content (AvgIpc) is 2.70. The van der Waals surface area contributed by atoms with Crippen molar-refractivity contribution < 1.29 is 17.6 Å². The van der Waals surface area contributed by atoms with Crippen LogP contribution in [0.2, 0.25) is 5.02 Å². The fraction of sp³-hybridized carbons (Fsp3) is 0.0500. The summed E-state index contributed by atoms with van der Waals surface area (Å²) in [7, 11) is -3.82. The van der Waals surface area contributed by atoms with E-state index in [2.05, 4.69) is 10.0 Å². The fourth-order valence-electron chi connectivity index (χ4n) is 2.33. The molecule has 0 saturated carbocycles. The Balaban J connectivity index is 1.58. The third-order valence-corrected chi connectivity index (χ3v) is 6.39. The molecule has 1 amide bonds. The highest BCUT2D eigenvalue weighted by Crippen LogP contribution is 2.21. The first-order valence-corrected chi connectivity index (χ1v) is 11.2. The van der Waals surface area contributed by atoms with Crippen molar-refractivity contribution in [2.45, 2.75) is 9.79 Å². The van der Waals surface area contributed by atoms with Gasteiger partial charge < -0.3 is 5.32 Å². The van der Waals surface area contributed by atoms with Gasteiger partial charge in [-0.2, -0.15) is 0 Å². The van der Waals surface area contributed by atoms with Crippen molar-refractivity contribution >= 4 is 50.7 Å². The second-order valence-electron chi connectivity index (χ2n) is 5.93. The molecular weight excluding hydrogens is 435 g/mol. The van der Waals surface area contributed by atoms with E-state index < -0.39 is 15.8 Å². The molecule has 0 radical (unpaired) electrons. The molecule has 0 aliphatic carbocycles. The summed E-state index contributed by atoms with van der Waals surface area (Å²) in [5.41, 5.74) is 0.732. The number of benzene rings is 3. The Morgan fingerprint density at radius 1 is 0.897 bits per heavy atom. The van der Waals surface area contributed by atoms with E-state index in [-0.39, 0.29) is 22.2 Å². The maximum absolute atomic E-state index is 12.9. The van der Waals surface area contributed by atoms with Gasteiger partial charge >= 0.3 is 0 Å². The zero-order valence-electron chi connectivity index (χ0n) is 14.9. The molecule has 0 spiro atoms. The molecule has 0 unspecified atom stereocenters. The molecule has 5 nitrogen and oxygen atoms in total. The van der Waals surface area contributed by atoms with Gasteiger partial charge in [0.15, 0.2) is 0 Å². The van der Waals surface area contributed by atoms with Gasteiger partial charge in [0.25, 0.3) is 10.0 Å². The summed E-state index contributed by atoms with van der Waals surface area (Å²) in [6, 6.07) is 17.9. The van der Waals surface area contributed by atoms with Crippen molar-refractivity contribution in [2.24, 2.45) is 0 Å². The number of rotatable bonds is 7. The quantitative estimate of drug-likeness (QED) is 0.496. The number of carbonyl (C=O) groups excluding carboxylic acids is 1. The molecule has 0 fully saturated rings. The van der Waals surface area contributed by atoms with Gasteiger partial charge in [0.1, 0.15) is 5.82 Å². The molecule has 0 bridgehead atoms. The minimum Gasteiger partial charge on any atom is -0.325 e. The second-order valence-corrected chi connectivity index (χ2v) is 9.10. The summed E-state index contributed by atoms with van der Waals surface area (Å²) in [6.45, 7) is 0. The molecule has 3 aromatic carbocycles.